The first-order chi connectivity index (χ1) is 11.6. The highest BCUT2D eigenvalue weighted by atomic mass is 32.2. The molecule has 3 rings (SSSR count). The van der Waals surface area contributed by atoms with Crippen molar-refractivity contribution in [2.24, 2.45) is 5.41 Å². The van der Waals surface area contributed by atoms with Crippen molar-refractivity contribution < 1.29 is 27.9 Å². The number of carbonyl (C=O) groups excluding carboxylic acids is 2. The van der Waals surface area contributed by atoms with E-state index < -0.39 is 28.6 Å². The number of carbonyl (C=O) groups is 2. The van der Waals surface area contributed by atoms with Crippen molar-refractivity contribution in [2.45, 2.75) is 32.4 Å². The molecular weight excluding hydrogens is 355 g/mol. The fraction of sp³-hybridized carbons (Fsp3) is 0.412. The zero-order chi connectivity index (χ0) is 18.4. The first kappa shape index (κ1) is 17.8. The summed E-state index contributed by atoms with van der Waals surface area (Å²) in [6.45, 7) is 2.34. The molecule has 8 heteroatoms. The Morgan fingerprint density at radius 1 is 1.32 bits per heavy atom. The molecule has 1 aromatic carbocycles. The van der Waals surface area contributed by atoms with Gasteiger partial charge in [-0.3, -0.25) is 14.5 Å². The molecule has 1 saturated heterocycles. The first-order valence-corrected chi connectivity index (χ1v) is 8.56. The zero-order valence-corrected chi connectivity index (χ0v) is 14.2. The zero-order valence-electron chi connectivity index (χ0n) is 13.4. The average Bonchev–Trinajstić information content (AvgIpc) is 2.74. The number of phenols is 1. The van der Waals surface area contributed by atoms with Gasteiger partial charge < -0.3 is 5.11 Å². The lowest BCUT2D eigenvalue weighted by Gasteiger charge is -2.40. The summed E-state index contributed by atoms with van der Waals surface area (Å²) in [4.78, 5) is 25.8. The fourth-order valence-corrected chi connectivity index (χ4v) is 3.82. The van der Waals surface area contributed by atoms with E-state index in [1.165, 1.54) is 17.0 Å². The first-order valence-electron chi connectivity index (χ1n) is 7.75. The van der Waals surface area contributed by atoms with Crippen molar-refractivity contribution in [3.05, 3.63) is 34.2 Å². The summed E-state index contributed by atoms with van der Waals surface area (Å²) in [6, 6.07) is 2.96. The van der Waals surface area contributed by atoms with Crippen LogP contribution in [0, 0.1) is 5.41 Å². The van der Waals surface area contributed by atoms with E-state index in [1.807, 2.05) is 6.92 Å². The van der Waals surface area contributed by atoms with Crippen LogP contribution in [0.2, 0.25) is 0 Å². The normalized spacial score (nSPS) is 21.8. The lowest BCUT2D eigenvalue weighted by molar-refractivity contribution is -0.138. The molecule has 2 amide bonds. The maximum atomic E-state index is 12.9. The number of phenolic OH excluding ortho intramolecular Hbond substituents is 1. The van der Waals surface area contributed by atoms with Gasteiger partial charge in [0.15, 0.2) is 0 Å². The molecule has 2 fully saturated rings. The molecule has 0 spiro atoms. The number of hydrogen-bond donors (Lipinski definition) is 1. The van der Waals surface area contributed by atoms with Gasteiger partial charge in [-0.25, -0.2) is 0 Å². The largest absolute Gasteiger partial charge is 0.507 e. The van der Waals surface area contributed by atoms with E-state index in [1.54, 1.807) is 0 Å². The summed E-state index contributed by atoms with van der Waals surface area (Å²) in [5.74, 6) is -1.36. The van der Waals surface area contributed by atoms with Crippen LogP contribution in [0.25, 0.3) is 6.08 Å². The van der Waals surface area contributed by atoms with E-state index in [4.69, 9.17) is 0 Å². The minimum atomic E-state index is -4.70. The predicted molar refractivity (Wildman–Crippen MR) is 87.7 cm³/mol. The monoisotopic (exact) mass is 371 g/mol. The van der Waals surface area contributed by atoms with Crippen LogP contribution in [-0.2, 0) is 11.0 Å². The van der Waals surface area contributed by atoms with Gasteiger partial charge >= 0.3 is 6.18 Å². The van der Waals surface area contributed by atoms with E-state index in [0.717, 1.165) is 43.2 Å². The average molecular weight is 371 g/mol. The third-order valence-corrected chi connectivity index (χ3v) is 5.51. The lowest BCUT2D eigenvalue weighted by atomic mass is 9.70. The van der Waals surface area contributed by atoms with Crippen LogP contribution in [0.5, 0.6) is 5.75 Å². The van der Waals surface area contributed by atoms with Gasteiger partial charge in [0.2, 0.25) is 0 Å². The Kier molecular flexibility index (Phi) is 4.35. The van der Waals surface area contributed by atoms with Crippen LogP contribution in [0.4, 0.5) is 18.0 Å². The molecule has 4 nitrogen and oxygen atoms in total. The van der Waals surface area contributed by atoms with Crippen LogP contribution in [0.3, 0.4) is 0 Å². The Bertz CT molecular complexity index is 769. The Hall–Kier alpha value is -1.96. The van der Waals surface area contributed by atoms with Crippen molar-refractivity contribution in [3.63, 3.8) is 0 Å². The number of alkyl halides is 3. The van der Waals surface area contributed by atoms with Crippen LogP contribution in [-0.4, -0.2) is 27.7 Å². The van der Waals surface area contributed by atoms with Crippen LogP contribution in [0.1, 0.15) is 37.3 Å². The summed E-state index contributed by atoms with van der Waals surface area (Å²) < 4.78 is 38.6. The Balaban J connectivity index is 1.85. The van der Waals surface area contributed by atoms with Gasteiger partial charge in [0.25, 0.3) is 11.1 Å². The van der Waals surface area contributed by atoms with Crippen molar-refractivity contribution in [3.8, 4) is 5.75 Å². The van der Waals surface area contributed by atoms with Gasteiger partial charge in [0, 0.05) is 6.54 Å². The van der Waals surface area contributed by atoms with E-state index in [0.29, 0.717) is 6.54 Å². The summed E-state index contributed by atoms with van der Waals surface area (Å²) in [7, 11) is 0. The third kappa shape index (κ3) is 3.53. The highest BCUT2D eigenvalue weighted by Gasteiger charge is 2.42. The number of nitrogens with zero attached hydrogens (tertiary/aromatic N) is 1. The Morgan fingerprint density at radius 2 is 2.00 bits per heavy atom. The highest BCUT2D eigenvalue weighted by molar-refractivity contribution is 8.18. The van der Waals surface area contributed by atoms with Crippen LogP contribution >= 0.6 is 11.8 Å². The van der Waals surface area contributed by atoms with Gasteiger partial charge in [-0.1, -0.05) is 19.4 Å². The third-order valence-electron chi connectivity index (χ3n) is 4.60. The molecule has 0 atom stereocenters. The number of rotatable bonds is 3. The van der Waals surface area contributed by atoms with Crippen molar-refractivity contribution in [1.29, 1.82) is 0 Å². The Labute approximate surface area is 146 Å². The molecule has 1 saturated carbocycles. The molecule has 0 aromatic heterocycles. The molecule has 0 unspecified atom stereocenters. The SMILES string of the molecule is CC1(CN2C(=O)S/C(=C\c3ccc(O)c(C(F)(F)F)c3)C2=O)CCC1. The maximum absolute atomic E-state index is 12.9. The van der Waals surface area contributed by atoms with Crippen LogP contribution < -0.4 is 0 Å². The molecular formula is C17H16F3NO3S. The lowest BCUT2D eigenvalue weighted by Crippen LogP contribution is -2.42. The highest BCUT2D eigenvalue weighted by Crippen LogP contribution is 2.44. The molecule has 0 radical (unpaired) electrons. The molecule has 1 heterocycles. The second-order valence-corrected chi connectivity index (χ2v) is 7.70. The maximum Gasteiger partial charge on any atom is 0.419 e. The van der Waals surface area contributed by atoms with Crippen molar-refractivity contribution >= 4 is 29.0 Å². The molecule has 25 heavy (non-hydrogen) atoms. The van der Waals surface area contributed by atoms with E-state index >= 15 is 0 Å². The summed E-state index contributed by atoms with van der Waals surface area (Å²) in [5, 5.41) is 8.95. The molecule has 1 N–H and O–H groups in total. The number of thioether (sulfide) groups is 1. The van der Waals surface area contributed by atoms with Gasteiger partial charge in [0.05, 0.1) is 10.5 Å². The van der Waals surface area contributed by atoms with E-state index in [2.05, 4.69) is 0 Å². The second kappa shape index (κ2) is 6.09. The molecule has 1 aromatic rings. The predicted octanol–water partition coefficient (Wildman–Crippen LogP) is 4.64. The molecule has 2 aliphatic rings. The van der Waals surface area contributed by atoms with Gasteiger partial charge in [-0.15, -0.1) is 0 Å². The van der Waals surface area contributed by atoms with Crippen molar-refractivity contribution in [1.82, 2.24) is 4.90 Å². The number of amides is 2. The summed E-state index contributed by atoms with van der Waals surface area (Å²) >= 11 is 0.724. The second-order valence-electron chi connectivity index (χ2n) is 6.71. The number of aromatic hydroxyl groups is 1. The van der Waals surface area contributed by atoms with E-state index in [-0.39, 0.29) is 15.9 Å². The minimum absolute atomic E-state index is 0.0662. The number of imide groups is 1. The number of hydrogen-bond acceptors (Lipinski definition) is 4. The van der Waals surface area contributed by atoms with Crippen molar-refractivity contribution in [2.75, 3.05) is 6.54 Å². The summed E-state index contributed by atoms with van der Waals surface area (Å²) in [5.41, 5.74) is -1.14. The minimum Gasteiger partial charge on any atom is -0.507 e. The number of benzene rings is 1. The van der Waals surface area contributed by atoms with Gasteiger partial charge in [-0.2, -0.15) is 13.2 Å². The quantitative estimate of drug-likeness (QED) is 0.787. The standard InChI is InChI=1S/C17H16F3NO3S/c1-16(5-2-6-16)9-21-14(23)13(25-15(21)24)8-10-3-4-12(22)11(7-10)17(18,19)20/h3-4,7-8,22H,2,5-6,9H2,1H3/b13-8-. The smallest absolute Gasteiger partial charge is 0.419 e. The van der Waals surface area contributed by atoms with Crippen LogP contribution in [0.15, 0.2) is 23.1 Å². The van der Waals surface area contributed by atoms with Gasteiger partial charge in [0.1, 0.15) is 5.75 Å². The molecule has 0 bridgehead atoms. The number of halogens is 3. The molecule has 1 aliphatic heterocycles. The van der Waals surface area contributed by atoms with Gasteiger partial charge in [-0.05, 0) is 53.8 Å². The topological polar surface area (TPSA) is 57.6 Å². The summed E-state index contributed by atoms with van der Waals surface area (Å²) in [6.07, 6.45) is -0.494. The molecule has 1 aliphatic carbocycles. The van der Waals surface area contributed by atoms with E-state index in [9.17, 15) is 27.9 Å². The molecule has 134 valence electrons. The Morgan fingerprint density at radius 3 is 2.56 bits per heavy atom. The fourth-order valence-electron chi connectivity index (χ4n) is 2.98.